The van der Waals surface area contributed by atoms with Gasteiger partial charge >= 0.3 is 5.97 Å². The maximum absolute atomic E-state index is 10.9. The smallest absolute Gasteiger partial charge is 0.303 e. The van der Waals surface area contributed by atoms with Gasteiger partial charge in [0.2, 0.25) is 0 Å². The van der Waals surface area contributed by atoms with Gasteiger partial charge < -0.3 is 10.0 Å². The van der Waals surface area contributed by atoms with Crippen molar-refractivity contribution in [1.82, 2.24) is 0 Å². The molecule has 0 saturated heterocycles. The first-order chi connectivity index (χ1) is 8.04. The predicted octanol–water partition coefficient (Wildman–Crippen LogP) is 2.56. The molecule has 0 fully saturated rings. The van der Waals surface area contributed by atoms with Gasteiger partial charge in [-0.15, -0.1) is 0 Å². The largest absolute Gasteiger partial charge is 0.481 e. The van der Waals surface area contributed by atoms with E-state index in [2.05, 4.69) is 15.9 Å². The number of carboxylic acids is 1. The number of rotatable bonds is 6. The summed E-state index contributed by atoms with van der Waals surface area (Å²) in [5.41, 5.74) is 1.41. The Hall–Kier alpha value is -1.36. The summed E-state index contributed by atoms with van der Waals surface area (Å²) in [6, 6.07) is 5.45. The molecule has 0 aliphatic rings. The molecule has 0 spiro atoms. The molecule has 0 bridgehead atoms. The van der Waals surface area contributed by atoms with Crippen LogP contribution in [-0.2, 0) is 4.79 Å². The number of nitrogens with zero attached hydrogens (tertiary/aromatic N) is 1. The van der Waals surface area contributed by atoms with E-state index < -0.39 is 5.97 Å². The number of carbonyl (C=O) groups excluding carboxylic acids is 1. The Labute approximate surface area is 108 Å². The van der Waals surface area contributed by atoms with Crippen molar-refractivity contribution >= 4 is 33.9 Å². The molecule has 1 aromatic carbocycles. The van der Waals surface area contributed by atoms with E-state index in [-0.39, 0.29) is 6.42 Å². The second-order valence-corrected chi connectivity index (χ2v) is 4.66. The highest BCUT2D eigenvalue weighted by Gasteiger charge is 2.08. The van der Waals surface area contributed by atoms with E-state index in [0.717, 1.165) is 16.4 Å². The Balaban J connectivity index is 2.71. The van der Waals surface area contributed by atoms with Gasteiger partial charge in [0.05, 0.1) is 0 Å². The fraction of sp³-hybridized carbons (Fsp3) is 0.333. The summed E-state index contributed by atoms with van der Waals surface area (Å²) in [5.74, 6) is -0.801. The highest BCUT2D eigenvalue weighted by atomic mass is 79.9. The Morgan fingerprint density at radius 1 is 1.53 bits per heavy atom. The van der Waals surface area contributed by atoms with Gasteiger partial charge in [-0.05, 0) is 24.6 Å². The summed E-state index contributed by atoms with van der Waals surface area (Å²) in [5, 5.41) is 8.55. The van der Waals surface area contributed by atoms with Crippen molar-refractivity contribution < 1.29 is 14.7 Å². The van der Waals surface area contributed by atoms with Crippen LogP contribution in [0.5, 0.6) is 0 Å². The lowest BCUT2D eigenvalue weighted by Crippen LogP contribution is -2.20. The minimum Gasteiger partial charge on any atom is -0.481 e. The van der Waals surface area contributed by atoms with Crippen LogP contribution < -0.4 is 4.90 Å². The first-order valence-corrected chi connectivity index (χ1v) is 6.01. The van der Waals surface area contributed by atoms with E-state index in [9.17, 15) is 9.59 Å². The van der Waals surface area contributed by atoms with E-state index in [4.69, 9.17) is 5.11 Å². The highest BCUT2D eigenvalue weighted by Crippen LogP contribution is 2.22. The van der Waals surface area contributed by atoms with Gasteiger partial charge in [-0.1, -0.05) is 15.9 Å². The molecule has 0 heterocycles. The van der Waals surface area contributed by atoms with Crippen LogP contribution in [-0.4, -0.2) is 31.0 Å². The number of halogens is 1. The number of carbonyl (C=O) groups is 2. The fourth-order valence-electron chi connectivity index (χ4n) is 1.56. The molecule has 0 unspecified atom stereocenters. The summed E-state index contributed by atoms with van der Waals surface area (Å²) in [4.78, 5) is 23.2. The van der Waals surface area contributed by atoms with Gasteiger partial charge in [0, 0.05) is 35.7 Å². The second-order valence-electron chi connectivity index (χ2n) is 3.74. The lowest BCUT2D eigenvalue weighted by atomic mass is 10.1. The first-order valence-electron chi connectivity index (χ1n) is 5.22. The van der Waals surface area contributed by atoms with Crippen molar-refractivity contribution in [2.24, 2.45) is 0 Å². The molecule has 5 heteroatoms. The van der Waals surface area contributed by atoms with Crippen molar-refractivity contribution in [2.75, 3.05) is 18.5 Å². The van der Waals surface area contributed by atoms with E-state index in [0.29, 0.717) is 18.5 Å². The van der Waals surface area contributed by atoms with E-state index >= 15 is 0 Å². The summed E-state index contributed by atoms with van der Waals surface area (Å²) >= 11 is 3.30. The Morgan fingerprint density at radius 3 is 2.82 bits per heavy atom. The molecule has 0 saturated carbocycles. The van der Waals surface area contributed by atoms with Crippen LogP contribution in [0.4, 0.5) is 5.69 Å². The first kappa shape index (κ1) is 13.7. The van der Waals surface area contributed by atoms with Crippen molar-refractivity contribution in [3.8, 4) is 0 Å². The summed E-state index contributed by atoms with van der Waals surface area (Å²) < 4.78 is 0.849. The third-order valence-electron chi connectivity index (χ3n) is 2.41. The van der Waals surface area contributed by atoms with E-state index in [1.165, 1.54) is 0 Å². The van der Waals surface area contributed by atoms with Crippen molar-refractivity contribution in [3.63, 3.8) is 0 Å². The number of anilines is 1. The molecule has 0 amide bonds. The number of hydrogen-bond acceptors (Lipinski definition) is 3. The van der Waals surface area contributed by atoms with Gasteiger partial charge in [-0.3, -0.25) is 9.59 Å². The fourth-order valence-corrected chi connectivity index (χ4v) is 1.93. The van der Waals surface area contributed by atoms with Gasteiger partial charge in [0.25, 0.3) is 0 Å². The van der Waals surface area contributed by atoms with Crippen molar-refractivity contribution in [1.29, 1.82) is 0 Å². The quantitative estimate of drug-likeness (QED) is 0.820. The van der Waals surface area contributed by atoms with Crippen LogP contribution in [0.3, 0.4) is 0 Å². The molecular weight excluding hydrogens is 286 g/mol. The number of aliphatic carboxylic acids is 1. The van der Waals surface area contributed by atoms with Crippen molar-refractivity contribution in [2.45, 2.75) is 12.8 Å². The molecule has 0 aliphatic heterocycles. The molecule has 1 rings (SSSR count). The van der Waals surface area contributed by atoms with Gasteiger partial charge in [0.1, 0.15) is 0 Å². The van der Waals surface area contributed by atoms with Crippen LogP contribution in [0.2, 0.25) is 0 Å². The van der Waals surface area contributed by atoms with Gasteiger partial charge in [-0.2, -0.15) is 0 Å². The molecule has 0 atom stereocenters. The molecule has 0 radical (unpaired) electrons. The minimum absolute atomic E-state index is 0.136. The van der Waals surface area contributed by atoms with Crippen LogP contribution in [0.25, 0.3) is 0 Å². The van der Waals surface area contributed by atoms with E-state index in [1.807, 2.05) is 24.1 Å². The maximum Gasteiger partial charge on any atom is 0.303 e. The van der Waals surface area contributed by atoms with Crippen LogP contribution in [0.15, 0.2) is 22.7 Å². The van der Waals surface area contributed by atoms with E-state index in [1.54, 1.807) is 6.07 Å². The second kappa shape index (κ2) is 6.39. The normalized spacial score (nSPS) is 10.0. The summed E-state index contributed by atoms with van der Waals surface area (Å²) in [7, 11) is 1.85. The average molecular weight is 300 g/mol. The Morgan fingerprint density at radius 2 is 2.24 bits per heavy atom. The lowest BCUT2D eigenvalue weighted by Gasteiger charge is -2.20. The van der Waals surface area contributed by atoms with Crippen molar-refractivity contribution in [3.05, 3.63) is 28.2 Å². The number of hydrogen-bond donors (Lipinski definition) is 1. The highest BCUT2D eigenvalue weighted by molar-refractivity contribution is 9.10. The number of benzene rings is 1. The lowest BCUT2D eigenvalue weighted by molar-refractivity contribution is -0.137. The summed E-state index contributed by atoms with van der Waals surface area (Å²) in [6.45, 7) is 0.606. The van der Waals surface area contributed by atoms with Gasteiger partial charge in [0.15, 0.2) is 6.29 Å². The predicted molar refractivity (Wildman–Crippen MR) is 69.7 cm³/mol. The Bertz CT molecular complexity index is 420. The molecule has 0 aromatic heterocycles. The third kappa shape index (κ3) is 4.19. The summed E-state index contributed by atoms with van der Waals surface area (Å²) in [6.07, 6.45) is 1.49. The molecule has 1 N–H and O–H groups in total. The molecule has 92 valence electrons. The number of aldehydes is 1. The molecule has 1 aromatic rings. The standard InChI is InChI=1S/C12H14BrNO3/c1-14(6-2-3-12(16)17)11-5-4-10(13)7-9(11)8-15/h4-5,7-8H,2-3,6H2,1H3,(H,16,17). The molecule has 0 aliphatic carbocycles. The zero-order valence-electron chi connectivity index (χ0n) is 9.52. The SMILES string of the molecule is CN(CCCC(=O)O)c1ccc(Br)cc1C=O. The zero-order valence-corrected chi connectivity index (χ0v) is 11.1. The number of carboxylic acid groups (broad SMARTS) is 1. The van der Waals surface area contributed by atoms with Gasteiger partial charge in [-0.25, -0.2) is 0 Å². The maximum atomic E-state index is 10.9. The average Bonchev–Trinajstić information content (AvgIpc) is 2.28. The monoisotopic (exact) mass is 299 g/mol. The third-order valence-corrected chi connectivity index (χ3v) is 2.91. The van der Waals surface area contributed by atoms with Crippen LogP contribution in [0, 0.1) is 0 Å². The molecular formula is C12H14BrNO3. The van der Waals surface area contributed by atoms with Crippen LogP contribution >= 0.6 is 15.9 Å². The topological polar surface area (TPSA) is 57.6 Å². The molecule has 17 heavy (non-hydrogen) atoms. The van der Waals surface area contributed by atoms with Crippen LogP contribution in [0.1, 0.15) is 23.2 Å². The molecule has 4 nitrogen and oxygen atoms in total. The Kier molecular flexibility index (Phi) is 5.15. The minimum atomic E-state index is -0.801. The zero-order chi connectivity index (χ0) is 12.8.